The van der Waals surface area contributed by atoms with Crippen LogP contribution in [0.15, 0.2) is 34.8 Å². The van der Waals surface area contributed by atoms with Crippen molar-refractivity contribution in [3.8, 4) is 5.75 Å². The van der Waals surface area contributed by atoms with Gasteiger partial charge in [-0.3, -0.25) is 9.59 Å². The van der Waals surface area contributed by atoms with Crippen molar-refractivity contribution < 1.29 is 14.3 Å². The minimum Gasteiger partial charge on any atom is -0.496 e. The SMILES string of the molecule is COc1ccc(C(=O)N2CCc3cc(Br)cc(NC(C)=O)c32)cc1C. The van der Waals surface area contributed by atoms with Crippen LogP contribution in [0.4, 0.5) is 11.4 Å². The van der Waals surface area contributed by atoms with Gasteiger partial charge in [-0.25, -0.2) is 0 Å². The van der Waals surface area contributed by atoms with Crippen LogP contribution in [0, 0.1) is 6.92 Å². The summed E-state index contributed by atoms with van der Waals surface area (Å²) in [7, 11) is 1.61. The molecular formula is C19H19BrN2O3. The molecule has 0 bridgehead atoms. The van der Waals surface area contributed by atoms with Gasteiger partial charge in [0, 0.05) is 23.5 Å². The maximum Gasteiger partial charge on any atom is 0.258 e. The molecule has 0 saturated carbocycles. The summed E-state index contributed by atoms with van der Waals surface area (Å²) in [6.45, 7) is 3.96. The van der Waals surface area contributed by atoms with Crippen molar-refractivity contribution in [1.29, 1.82) is 0 Å². The van der Waals surface area contributed by atoms with Gasteiger partial charge in [0.25, 0.3) is 5.91 Å². The number of aryl methyl sites for hydroxylation is 1. The normalized spacial score (nSPS) is 12.7. The second-order valence-electron chi connectivity index (χ2n) is 6.03. The number of ether oxygens (including phenoxy) is 1. The molecule has 5 nitrogen and oxygen atoms in total. The molecule has 1 N–H and O–H groups in total. The van der Waals surface area contributed by atoms with Gasteiger partial charge in [0.2, 0.25) is 5.91 Å². The average molecular weight is 403 g/mol. The number of amides is 2. The Labute approximate surface area is 155 Å². The fourth-order valence-electron chi connectivity index (χ4n) is 3.16. The summed E-state index contributed by atoms with van der Waals surface area (Å²) in [4.78, 5) is 26.3. The van der Waals surface area contributed by atoms with Crippen LogP contribution in [-0.2, 0) is 11.2 Å². The highest BCUT2D eigenvalue weighted by Gasteiger charge is 2.29. The van der Waals surface area contributed by atoms with Gasteiger partial charge in [0.05, 0.1) is 18.5 Å². The van der Waals surface area contributed by atoms with Crippen LogP contribution in [0.5, 0.6) is 5.75 Å². The molecule has 0 aliphatic carbocycles. The van der Waals surface area contributed by atoms with Crippen LogP contribution < -0.4 is 15.0 Å². The molecule has 2 aromatic rings. The Morgan fingerprint density at radius 2 is 2.00 bits per heavy atom. The van der Waals surface area contributed by atoms with Crippen LogP contribution in [0.2, 0.25) is 0 Å². The number of benzene rings is 2. The molecule has 0 saturated heterocycles. The van der Waals surface area contributed by atoms with E-state index in [1.165, 1.54) is 6.92 Å². The maximum absolute atomic E-state index is 13.0. The molecule has 0 atom stereocenters. The highest BCUT2D eigenvalue weighted by Crippen LogP contribution is 2.39. The number of hydrogen-bond donors (Lipinski definition) is 1. The number of nitrogens with one attached hydrogen (secondary N) is 1. The number of methoxy groups -OCH3 is 1. The van der Waals surface area contributed by atoms with E-state index < -0.39 is 0 Å². The van der Waals surface area contributed by atoms with Crippen LogP contribution in [0.1, 0.15) is 28.4 Å². The van der Waals surface area contributed by atoms with Gasteiger partial charge in [0.15, 0.2) is 0 Å². The van der Waals surface area contributed by atoms with Crippen molar-refractivity contribution in [2.24, 2.45) is 0 Å². The number of anilines is 2. The van der Waals surface area contributed by atoms with Crippen LogP contribution >= 0.6 is 15.9 Å². The lowest BCUT2D eigenvalue weighted by Gasteiger charge is -2.21. The molecular weight excluding hydrogens is 384 g/mol. The molecule has 1 aliphatic heterocycles. The lowest BCUT2D eigenvalue weighted by atomic mass is 10.1. The summed E-state index contributed by atoms with van der Waals surface area (Å²) < 4.78 is 6.14. The Balaban J connectivity index is 2.00. The van der Waals surface area contributed by atoms with E-state index in [9.17, 15) is 9.59 Å². The lowest BCUT2D eigenvalue weighted by molar-refractivity contribution is -0.114. The van der Waals surface area contributed by atoms with E-state index in [1.54, 1.807) is 24.1 Å². The van der Waals surface area contributed by atoms with Gasteiger partial charge < -0.3 is 15.0 Å². The number of hydrogen-bond acceptors (Lipinski definition) is 3. The second-order valence-corrected chi connectivity index (χ2v) is 6.95. The summed E-state index contributed by atoms with van der Waals surface area (Å²) in [6.07, 6.45) is 0.752. The van der Waals surface area contributed by atoms with E-state index >= 15 is 0 Å². The summed E-state index contributed by atoms with van der Waals surface area (Å²) in [5.74, 6) is 0.500. The standard InChI is InChI=1S/C19H19BrN2O3/c1-11-8-14(4-5-17(11)25-3)19(24)22-7-6-13-9-15(20)10-16(18(13)22)21-12(2)23/h4-5,8-10H,6-7H2,1-3H3,(H,21,23). The molecule has 0 radical (unpaired) electrons. The molecule has 130 valence electrons. The summed E-state index contributed by atoms with van der Waals surface area (Å²) in [6, 6.07) is 9.22. The maximum atomic E-state index is 13.0. The zero-order valence-electron chi connectivity index (χ0n) is 14.4. The molecule has 0 aromatic heterocycles. The Kier molecular flexibility index (Phi) is 4.81. The van der Waals surface area contributed by atoms with Crippen molar-refractivity contribution >= 4 is 39.1 Å². The summed E-state index contributed by atoms with van der Waals surface area (Å²) in [5.41, 5.74) is 3.97. The average Bonchev–Trinajstić information content (AvgIpc) is 2.97. The predicted octanol–water partition coefficient (Wildman–Crippen LogP) is 3.93. The van der Waals surface area contributed by atoms with Crippen LogP contribution in [0.3, 0.4) is 0 Å². The molecule has 25 heavy (non-hydrogen) atoms. The lowest BCUT2D eigenvalue weighted by Crippen LogP contribution is -2.29. The predicted molar refractivity (Wildman–Crippen MR) is 102 cm³/mol. The zero-order valence-corrected chi connectivity index (χ0v) is 15.9. The third-order valence-corrected chi connectivity index (χ3v) is 4.68. The first-order valence-corrected chi connectivity index (χ1v) is 8.76. The van der Waals surface area contributed by atoms with E-state index in [-0.39, 0.29) is 11.8 Å². The second kappa shape index (κ2) is 6.88. The molecule has 0 unspecified atom stereocenters. The number of halogens is 1. The monoisotopic (exact) mass is 402 g/mol. The first-order chi connectivity index (χ1) is 11.9. The fourth-order valence-corrected chi connectivity index (χ4v) is 3.67. The van der Waals surface area contributed by atoms with Gasteiger partial charge in [-0.1, -0.05) is 15.9 Å². The smallest absolute Gasteiger partial charge is 0.258 e. The van der Waals surface area contributed by atoms with Gasteiger partial charge >= 0.3 is 0 Å². The van der Waals surface area contributed by atoms with E-state index in [4.69, 9.17) is 4.74 Å². The van der Waals surface area contributed by atoms with Crippen molar-refractivity contribution in [3.05, 3.63) is 51.5 Å². The van der Waals surface area contributed by atoms with Gasteiger partial charge in [-0.05, 0) is 54.8 Å². The highest BCUT2D eigenvalue weighted by atomic mass is 79.9. The quantitative estimate of drug-likeness (QED) is 0.845. The fraction of sp³-hybridized carbons (Fsp3) is 0.263. The first-order valence-electron chi connectivity index (χ1n) is 7.97. The number of nitrogens with zero attached hydrogens (tertiary/aromatic N) is 1. The van der Waals surface area contributed by atoms with Gasteiger partial charge in [-0.15, -0.1) is 0 Å². The molecule has 1 heterocycles. The number of rotatable bonds is 3. The van der Waals surface area contributed by atoms with Crippen molar-refractivity contribution in [1.82, 2.24) is 0 Å². The largest absolute Gasteiger partial charge is 0.496 e. The topological polar surface area (TPSA) is 58.6 Å². The number of fused-ring (bicyclic) bond motifs is 1. The highest BCUT2D eigenvalue weighted by molar-refractivity contribution is 9.10. The molecule has 0 spiro atoms. The van der Waals surface area contributed by atoms with E-state index in [0.717, 1.165) is 33.5 Å². The van der Waals surface area contributed by atoms with E-state index in [1.807, 2.05) is 25.1 Å². The minimum atomic E-state index is -0.167. The third-order valence-electron chi connectivity index (χ3n) is 4.23. The molecule has 6 heteroatoms. The van der Waals surface area contributed by atoms with Gasteiger partial charge in [-0.2, -0.15) is 0 Å². The van der Waals surface area contributed by atoms with Gasteiger partial charge in [0.1, 0.15) is 5.75 Å². The van der Waals surface area contributed by atoms with E-state index in [2.05, 4.69) is 21.2 Å². The number of carbonyl (C=O) groups excluding carboxylic acids is 2. The van der Waals surface area contributed by atoms with Crippen molar-refractivity contribution in [3.63, 3.8) is 0 Å². The van der Waals surface area contributed by atoms with E-state index in [0.29, 0.717) is 17.8 Å². The molecule has 2 aromatic carbocycles. The van der Waals surface area contributed by atoms with Crippen molar-refractivity contribution in [2.45, 2.75) is 20.3 Å². The molecule has 0 fully saturated rings. The molecule has 3 rings (SSSR count). The molecule has 2 amide bonds. The number of carbonyl (C=O) groups is 2. The van der Waals surface area contributed by atoms with Crippen LogP contribution in [-0.4, -0.2) is 25.5 Å². The Morgan fingerprint density at radius 3 is 2.64 bits per heavy atom. The Hall–Kier alpha value is -2.34. The Bertz CT molecular complexity index is 864. The van der Waals surface area contributed by atoms with Crippen LogP contribution in [0.25, 0.3) is 0 Å². The zero-order chi connectivity index (χ0) is 18.1. The minimum absolute atomic E-state index is 0.0848. The summed E-state index contributed by atoms with van der Waals surface area (Å²) >= 11 is 3.46. The van der Waals surface area contributed by atoms with Crippen molar-refractivity contribution in [2.75, 3.05) is 23.9 Å². The molecule has 1 aliphatic rings. The summed E-state index contributed by atoms with van der Waals surface area (Å²) in [5, 5.41) is 2.83. The third kappa shape index (κ3) is 3.39. The first kappa shape index (κ1) is 17.5. The Morgan fingerprint density at radius 1 is 1.24 bits per heavy atom.